The van der Waals surface area contributed by atoms with Crippen molar-refractivity contribution in [2.45, 2.75) is 19.8 Å². The zero-order valence-electron chi connectivity index (χ0n) is 16.9. The molecule has 3 rings (SSSR count). The second kappa shape index (κ2) is 9.70. The maximum absolute atomic E-state index is 11.4. The van der Waals surface area contributed by atoms with Crippen LogP contribution in [0.2, 0.25) is 0 Å². The van der Waals surface area contributed by atoms with Crippen LogP contribution in [0.4, 0.5) is 0 Å². The van der Waals surface area contributed by atoms with E-state index >= 15 is 0 Å². The van der Waals surface area contributed by atoms with Crippen LogP contribution >= 0.6 is 0 Å². The van der Waals surface area contributed by atoms with Crippen LogP contribution in [0.25, 0.3) is 12.2 Å². The topological polar surface area (TPSA) is 26.3 Å². The highest BCUT2D eigenvalue weighted by molar-refractivity contribution is 5.86. The monoisotopic (exact) mass is 382 g/mol. The van der Waals surface area contributed by atoms with Crippen molar-refractivity contribution in [3.8, 4) is 0 Å². The maximum atomic E-state index is 11.4. The highest BCUT2D eigenvalue weighted by Gasteiger charge is 2.07. The average molecular weight is 383 g/mol. The normalized spacial score (nSPS) is 10.4. The highest BCUT2D eigenvalue weighted by atomic mass is 16.5. The Morgan fingerprint density at radius 1 is 0.862 bits per heavy atom. The van der Waals surface area contributed by atoms with Crippen molar-refractivity contribution in [2.24, 2.45) is 0 Å². The van der Waals surface area contributed by atoms with E-state index in [-0.39, 0.29) is 5.97 Å². The first-order chi connectivity index (χ1) is 14.0. The number of carbonyl (C=O) groups is 1. The summed E-state index contributed by atoms with van der Waals surface area (Å²) in [6, 6.07) is 27.4. The lowest BCUT2D eigenvalue weighted by Crippen LogP contribution is -2.11. The number of benzene rings is 3. The standard InChI is InChI=1S/C27H26O2/c1-20(2)27(28)29-19-7-8-22-13-17-25(18-14-22)26(23-9-5-4-6-10-23)24-15-11-21(3)12-16-24/h4-6,9-18H,1,3,7-8,19H2,2H3. The summed E-state index contributed by atoms with van der Waals surface area (Å²) in [6.45, 7) is 9.65. The van der Waals surface area contributed by atoms with Gasteiger partial charge in [0.05, 0.1) is 6.61 Å². The Hall–Kier alpha value is -3.39. The first kappa shape index (κ1) is 20.3. The van der Waals surface area contributed by atoms with Gasteiger partial charge in [-0.05, 0) is 52.5 Å². The number of rotatable bonds is 7. The van der Waals surface area contributed by atoms with Gasteiger partial charge in [0.2, 0.25) is 0 Å². The van der Waals surface area contributed by atoms with Crippen molar-refractivity contribution < 1.29 is 9.53 Å². The third-order valence-corrected chi connectivity index (χ3v) is 4.74. The molecule has 0 fully saturated rings. The summed E-state index contributed by atoms with van der Waals surface area (Å²) in [5.74, 6) is -0.323. The molecule has 0 amide bonds. The van der Waals surface area contributed by atoms with Crippen molar-refractivity contribution in [1.29, 1.82) is 0 Å². The minimum Gasteiger partial charge on any atom is -0.462 e. The quantitative estimate of drug-likeness (QED) is 0.344. The molecule has 2 heteroatoms. The maximum Gasteiger partial charge on any atom is 0.333 e. The van der Waals surface area contributed by atoms with Crippen molar-refractivity contribution in [2.75, 3.05) is 6.61 Å². The fraction of sp³-hybridized carbons (Fsp3) is 0.148. The molecule has 3 aromatic carbocycles. The summed E-state index contributed by atoms with van der Waals surface area (Å²) in [4.78, 5) is 11.4. The summed E-state index contributed by atoms with van der Waals surface area (Å²) in [6.07, 6.45) is 1.65. The zero-order valence-corrected chi connectivity index (χ0v) is 16.9. The van der Waals surface area contributed by atoms with Crippen LogP contribution in [-0.4, -0.2) is 12.6 Å². The van der Waals surface area contributed by atoms with Gasteiger partial charge in [-0.2, -0.15) is 0 Å². The molecule has 0 aliphatic heterocycles. The first-order valence-electron chi connectivity index (χ1n) is 9.81. The van der Waals surface area contributed by atoms with Gasteiger partial charge in [-0.3, -0.25) is 0 Å². The largest absolute Gasteiger partial charge is 0.462 e. The molecular formula is C27H26O2. The number of hydrogen-bond acceptors (Lipinski definition) is 2. The van der Waals surface area contributed by atoms with E-state index in [4.69, 9.17) is 4.74 Å². The lowest BCUT2D eigenvalue weighted by molar-refractivity contribution is -0.139. The Morgan fingerprint density at radius 2 is 1.48 bits per heavy atom. The summed E-state index contributed by atoms with van der Waals surface area (Å²) >= 11 is 0. The van der Waals surface area contributed by atoms with E-state index in [9.17, 15) is 4.79 Å². The molecule has 0 N–H and O–H groups in total. The second-order valence-corrected chi connectivity index (χ2v) is 7.15. The van der Waals surface area contributed by atoms with Crippen LogP contribution in [0.3, 0.4) is 0 Å². The Bertz CT molecular complexity index is 1070. The fourth-order valence-corrected chi connectivity index (χ4v) is 3.18. The lowest BCUT2D eigenvalue weighted by Gasteiger charge is -2.10. The first-order valence-corrected chi connectivity index (χ1v) is 9.81. The number of esters is 1. The molecule has 0 heterocycles. The van der Waals surface area contributed by atoms with Crippen molar-refractivity contribution >= 4 is 18.1 Å². The predicted molar refractivity (Wildman–Crippen MR) is 120 cm³/mol. The van der Waals surface area contributed by atoms with Gasteiger partial charge < -0.3 is 4.74 Å². The highest BCUT2D eigenvalue weighted by Crippen LogP contribution is 2.21. The van der Waals surface area contributed by atoms with Crippen molar-refractivity contribution in [3.05, 3.63) is 118 Å². The summed E-state index contributed by atoms with van der Waals surface area (Å²) in [7, 11) is 0. The SMILES string of the molecule is C=C(C)C(=O)OCCCc1ccc(C(c2ccccc2)=c2ccc(=C)cc2)cc1. The van der Waals surface area contributed by atoms with Crippen molar-refractivity contribution in [1.82, 2.24) is 0 Å². The van der Waals surface area contributed by atoms with Gasteiger partial charge >= 0.3 is 5.97 Å². The number of aryl methyl sites for hydroxylation is 1. The van der Waals surface area contributed by atoms with Gasteiger partial charge in [-0.1, -0.05) is 92.0 Å². The van der Waals surface area contributed by atoms with Crippen LogP contribution in [0.15, 0.2) is 91.0 Å². The van der Waals surface area contributed by atoms with E-state index in [0.29, 0.717) is 12.2 Å². The molecule has 0 aliphatic rings. The van der Waals surface area contributed by atoms with Gasteiger partial charge in [0.25, 0.3) is 0 Å². The van der Waals surface area contributed by atoms with E-state index in [1.54, 1.807) is 6.92 Å². The number of carbonyl (C=O) groups excluding carboxylic acids is 1. The van der Waals surface area contributed by atoms with Gasteiger partial charge in [0.15, 0.2) is 0 Å². The predicted octanol–water partition coefficient (Wildman–Crippen LogP) is 4.40. The summed E-state index contributed by atoms with van der Waals surface area (Å²) in [5.41, 5.74) is 5.22. The van der Waals surface area contributed by atoms with Crippen molar-refractivity contribution in [3.63, 3.8) is 0 Å². The molecule has 0 saturated carbocycles. The van der Waals surface area contributed by atoms with Gasteiger partial charge in [-0.15, -0.1) is 0 Å². The van der Waals surface area contributed by atoms with Gasteiger partial charge in [-0.25, -0.2) is 4.79 Å². The smallest absolute Gasteiger partial charge is 0.333 e. The van der Waals surface area contributed by atoms with Gasteiger partial charge in [0, 0.05) is 5.57 Å². The third-order valence-electron chi connectivity index (χ3n) is 4.74. The summed E-state index contributed by atoms with van der Waals surface area (Å²) in [5, 5.41) is 2.17. The molecule has 0 spiro atoms. The van der Waals surface area contributed by atoms with Crippen LogP contribution < -0.4 is 10.4 Å². The van der Waals surface area contributed by atoms with E-state index in [1.807, 2.05) is 18.2 Å². The molecular weight excluding hydrogens is 356 g/mol. The molecule has 0 unspecified atom stereocenters. The minimum absolute atomic E-state index is 0.323. The zero-order chi connectivity index (χ0) is 20.6. The molecule has 3 aromatic rings. The molecule has 0 aliphatic carbocycles. The molecule has 0 bridgehead atoms. The minimum atomic E-state index is -0.323. The molecule has 0 radical (unpaired) electrons. The Morgan fingerprint density at radius 3 is 2.10 bits per heavy atom. The van der Waals surface area contributed by atoms with E-state index in [0.717, 1.165) is 18.1 Å². The van der Waals surface area contributed by atoms with Crippen LogP contribution in [0, 0.1) is 0 Å². The van der Waals surface area contributed by atoms with Gasteiger partial charge in [0.1, 0.15) is 0 Å². The molecule has 0 saturated heterocycles. The number of hydrogen-bond donors (Lipinski definition) is 0. The fourth-order valence-electron chi connectivity index (χ4n) is 3.18. The third kappa shape index (κ3) is 5.55. The Kier molecular flexibility index (Phi) is 6.80. The second-order valence-electron chi connectivity index (χ2n) is 7.15. The summed E-state index contributed by atoms with van der Waals surface area (Å²) < 4.78 is 5.16. The Balaban J connectivity index is 1.81. The molecule has 146 valence electrons. The van der Waals surface area contributed by atoms with Crippen LogP contribution in [0.5, 0.6) is 0 Å². The Labute approximate surface area is 172 Å². The molecule has 0 atom stereocenters. The van der Waals surface area contributed by atoms with E-state index < -0.39 is 0 Å². The number of ether oxygens (including phenoxy) is 1. The molecule has 0 aromatic heterocycles. The van der Waals surface area contributed by atoms with E-state index in [2.05, 4.69) is 73.8 Å². The lowest BCUT2D eigenvalue weighted by atomic mass is 9.94. The molecule has 29 heavy (non-hydrogen) atoms. The van der Waals surface area contributed by atoms with Crippen LogP contribution in [0.1, 0.15) is 30.0 Å². The van der Waals surface area contributed by atoms with Crippen LogP contribution in [-0.2, 0) is 16.0 Å². The van der Waals surface area contributed by atoms with E-state index in [1.165, 1.54) is 27.5 Å². The average Bonchev–Trinajstić information content (AvgIpc) is 2.74. The molecule has 2 nitrogen and oxygen atoms in total.